The predicted octanol–water partition coefficient (Wildman–Crippen LogP) is 5.21. The van der Waals surface area contributed by atoms with Crippen molar-refractivity contribution in [3.05, 3.63) is 71.8 Å². The molecular weight excluding hydrogens is 401 g/mol. The number of fused-ring (bicyclic) bond motifs is 1. The fourth-order valence-corrected chi connectivity index (χ4v) is 4.11. The molecule has 0 spiro atoms. The standard InChI is InChI=1S/C22H16FN5OS/c1-2-29-18-6-4-3-5-16(18)20-17(11-24)19-21(30-20)22(26-13-25-19)28-27-12-14-7-9-15(23)10-8-14/h3-10,12-13H,2H2,1H3,(H,25,26,28)/b27-12+. The van der Waals surface area contributed by atoms with Crippen molar-refractivity contribution in [1.82, 2.24) is 9.97 Å². The van der Waals surface area contributed by atoms with Crippen molar-refractivity contribution >= 4 is 33.6 Å². The Morgan fingerprint density at radius 1 is 1.20 bits per heavy atom. The van der Waals surface area contributed by atoms with Gasteiger partial charge in [0.15, 0.2) is 5.82 Å². The highest BCUT2D eigenvalue weighted by Gasteiger charge is 2.20. The Kier molecular flexibility index (Phi) is 5.63. The summed E-state index contributed by atoms with van der Waals surface area (Å²) in [6, 6.07) is 15.8. The summed E-state index contributed by atoms with van der Waals surface area (Å²) in [7, 11) is 0. The van der Waals surface area contributed by atoms with Crippen LogP contribution in [0.1, 0.15) is 18.1 Å². The van der Waals surface area contributed by atoms with Gasteiger partial charge in [-0.15, -0.1) is 11.3 Å². The maximum atomic E-state index is 13.0. The zero-order valence-electron chi connectivity index (χ0n) is 16.0. The van der Waals surface area contributed by atoms with Gasteiger partial charge < -0.3 is 4.74 Å². The van der Waals surface area contributed by atoms with Crippen molar-refractivity contribution in [3.63, 3.8) is 0 Å². The molecule has 4 aromatic rings. The van der Waals surface area contributed by atoms with Crippen LogP contribution in [0.4, 0.5) is 10.2 Å². The number of thiophene rings is 1. The number of halogens is 1. The molecule has 30 heavy (non-hydrogen) atoms. The molecule has 0 bridgehead atoms. The molecule has 148 valence electrons. The highest BCUT2D eigenvalue weighted by atomic mass is 32.1. The summed E-state index contributed by atoms with van der Waals surface area (Å²) < 4.78 is 19.5. The quantitative estimate of drug-likeness (QED) is 0.344. The number of para-hydroxylation sites is 1. The van der Waals surface area contributed by atoms with Crippen LogP contribution in [0.3, 0.4) is 0 Å². The average Bonchev–Trinajstić information content (AvgIpc) is 3.15. The Labute approximate surface area is 176 Å². The van der Waals surface area contributed by atoms with Gasteiger partial charge >= 0.3 is 0 Å². The van der Waals surface area contributed by atoms with E-state index in [9.17, 15) is 9.65 Å². The fourth-order valence-electron chi connectivity index (χ4n) is 2.93. The first-order valence-electron chi connectivity index (χ1n) is 9.15. The summed E-state index contributed by atoms with van der Waals surface area (Å²) >= 11 is 1.40. The van der Waals surface area contributed by atoms with Crippen molar-refractivity contribution in [3.8, 4) is 22.3 Å². The van der Waals surface area contributed by atoms with Gasteiger partial charge in [-0.05, 0) is 36.8 Å². The number of hydrogen-bond donors (Lipinski definition) is 1. The number of nitrogens with zero attached hydrogens (tertiary/aromatic N) is 4. The van der Waals surface area contributed by atoms with Gasteiger partial charge in [0.2, 0.25) is 0 Å². The molecule has 2 aromatic heterocycles. The van der Waals surface area contributed by atoms with Gasteiger partial charge in [0.05, 0.1) is 28.0 Å². The maximum Gasteiger partial charge on any atom is 0.167 e. The van der Waals surface area contributed by atoms with E-state index in [4.69, 9.17) is 4.74 Å². The van der Waals surface area contributed by atoms with Crippen LogP contribution < -0.4 is 10.2 Å². The highest BCUT2D eigenvalue weighted by molar-refractivity contribution is 7.23. The minimum absolute atomic E-state index is 0.305. The smallest absolute Gasteiger partial charge is 0.167 e. The molecule has 0 amide bonds. The van der Waals surface area contributed by atoms with Crippen molar-refractivity contribution in [1.29, 1.82) is 5.26 Å². The molecular formula is C22H16FN5OS. The largest absolute Gasteiger partial charge is 0.493 e. The second kappa shape index (κ2) is 8.68. The molecule has 0 saturated heterocycles. The molecule has 6 nitrogen and oxygen atoms in total. The van der Waals surface area contributed by atoms with E-state index >= 15 is 0 Å². The zero-order valence-corrected chi connectivity index (χ0v) is 16.8. The Morgan fingerprint density at radius 3 is 2.77 bits per heavy atom. The molecule has 2 heterocycles. The number of nitriles is 1. The second-order valence-corrected chi connectivity index (χ2v) is 7.19. The number of aromatic nitrogens is 2. The number of anilines is 1. The van der Waals surface area contributed by atoms with E-state index in [2.05, 4.69) is 26.6 Å². The first-order valence-corrected chi connectivity index (χ1v) is 9.97. The van der Waals surface area contributed by atoms with Crippen LogP contribution in [0.25, 0.3) is 20.7 Å². The van der Waals surface area contributed by atoms with Crippen LogP contribution in [0.15, 0.2) is 60.0 Å². The third-order valence-electron chi connectivity index (χ3n) is 4.27. The second-order valence-electron chi connectivity index (χ2n) is 6.17. The monoisotopic (exact) mass is 417 g/mol. The first-order chi connectivity index (χ1) is 14.7. The summed E-state index contributed by atoms with van der Waals surface area (Å²) in [5.41, 5.74) is 5.50. The van der Waals surface area contributed by atoms with E-state index < -0.39 is 0 Å². The Morgan fingerprint density at radius 2 is 2.00 bits per heavy atom. The SMILES string of the molecule is CCOc1ccccc1-c1sc2c(N/N=C/c3ccc(F)cc3)ncnc2c1C#N. The van der Waals surface area contributed by atoms with E-state index in [1.54, 1.807) is 18.3 Å². The number of hydrogen-bond acceptors (Lipinski definition) is 7. The third-order valence-corrected chi connectivity index (χ3v) is 5.49. The van der Waals surface area contributed by atoms with Crippen LogP contribution in [0.2, 0.25) is 0 Å². The number of rotatable bonds is 6. The normalized spacial score (nSPS) is 11.0. The summed E-state index contributed by atoms with van der Waals surface area (Å²) in [6.45, 7) is 2.44. The third kappa shape index (κ3) is 3.83. The van der Waals surface area contributed by atoms with Gasteiger partial charge in [0.25, 0.3) is 0 Å². The maximum absolute atomic E-state index is 13.0. The van der Waals surface area contributed by atoms with E-state index in [0.717, 1.165) is 16.0 Å². The van der Waals surface area contributed by atoms with Crippen LogP contribution >= 0.6 is 11.3 Å². The summed E-state index contributed by atoms with van der Waals surface area (Å²) in [6.07, 6.45) is 2.96. The van der Waals surface area contributed by atoms with Crippen LogP contribution in [0, 0.1) is 17.1 Å². The van der Waals surface area contributed by atoms with Crippen molar-refractivity contribution < 1.29 is 9.13 Å². The van der Waals surface area contributed by atoms with Gasteiger partial charge in [-0.2, -0.15) is 10.4 Å². The first kappa shape index (κ1) is 19.5. The van der Waals surface area contributed by atoms with Crippen LogP contribution in [0.5, 0.6) is 5.75 Å². The average molecular weight is 417 g/mol. The lowest BCUT2D eigenvalue weighted by atomic mass is 10.1. The molecule has 4 rings (SSSR count). The minimum Gasteiger partial charge on any atom is -0.493 e. The summed E-state index contributed by atoms with van der Waals surface area (Å²) in [4.78, 5) is 9.35. The molecule has 0 aliphatic carbocycles. The lowest BCUT2D eigenvalue weighted by molar-refractivity contribution is 0.341. The van der Waals surface area contributed by atoms with Gasteiger partial charge in [0, 0.05) is 5.56 Å². The van der Waals surface area contributed by atoms with E-state index in [-0.39, 0.29) is 5.82 Å². The number of nitrogens with one attached hydrogen (secondary N) is 1. The van der Waals surface area contributed by atoms with Crippen molar-refractivity contribution in [2.75, 3.05) is 12.0 Å². The van der Waals surface area contributed by atoms with Gasteiger partial charge in [0.1, 0.15) is 29.5 Å². The molecule has 2 aromatic carbocycles. The topological polar surface area (TPSA) is 83.2 Å². The van der Waals surface area contributed by atoms with Gasteiger partial charge in [-0.3, -0.25) is 5.43 Å². The molecule has 0 unspecified atom stereocenters. The lowest BCUT2D eigenvalue weighted by Gasteiger charge is -2.08. The molecule has 0 aliphatic heterocycles. The van der Waals surface area contributed by atoms with Gasteiger partial charge in [-0.25, -0.2) is 14.4 Å². The molecule has 0 aliphatic rings. The Balaban J connectivity index is 1.74. The molecule has 0 radical (unpaired) electrons. The molecule has 8 heteroatoms. The summed E-state index contributed by atoms with van der Waals surface area (Å²) in [5.74, 6) is 0.889. The van der Waals surface area contributed by atoms with Crippen molar-refractivity contribution in [2.24, 2.45) is 5.10 Å². The number of benzene rings is 2. The number of hydrazone groups is 1. The van der Waals surface area contributed by atoms with E-state index in [0.29, 0.717) is 34.0 Å². The van der Waals surface area contributed by atoms with Crippen LogP contribution in [-0.4, -0.2) is 22.8 Å². The fraction of sp³-hybridized carbons (Fsp3) is 0.0909. The lowest BCUT2D eigenvalue weighted by Crippen LogP contribution is -1.95. The summed E-state index contributed by atoms with van der Waals surface area (Å²) in [5, 5.41) is 14.0. The molecule has 0 fully saturated rings. The van der Waals surface area contributed by atoms with E-state index in [1.807, 2.05) is 31.2 Å². The Bertz CT molecular complexity index is 1260. The Hall–Kier alpha value is -3.83. The predicted molar refractivity (Wildman–Crippen MR) is 116 cm³/mol. The molecule has 1 N–H and O–H groups in total. The number of ether oxygens (including phenoxy) is 1. The van der Waals surface area contributed by atoms with E-state index in [1.165, 1.54) is 29.8 Å². The minimum atomic E-state index is -0.305. The zero-order chi connectivity index (χ0) is 20.9. The molecule has 0 saturated carbocycles. The van der Waals surface area contributed by atoms with Crippen LogP contribution in [-0.2, 0) is 0 Å². The highest BCUT2D eigenvalue weighted by Crippen LogP contribution is 2.43. The van der Waals surface area contributed by atoms with Crippen molar-refractivity contribution in [2.45, 2.75) is 6.92 Å². The van der Waals surface area contributed by atoms with Gasteiger partial charge in [-0.1, -0.05) is 24.3 Å². The molecule has 0 atom stereocenters.